The van der Waals surface area contributed by atoms with Crippen LogP contribution in [0.1, 0.15) is 17.7 Å². The molecule has 2 N–H and O–H groups in total. The Morgan fingerprint density at radius 1 is 1.37 bits per heavy atom. The van der Waals surface area contributed by atoms with Gasteiger partial charge in [-0.2, -0.15) is 11.8 Å². The van der Waals surface area contributed by atoms with Gasteiger partial charge in [-0.25, -0.2) is 4.98 Å². The molecule has 0 saturated heterocycles. The highest BCUT2D eigenvalue weighted by Crippen LogP contribution is 2.25. The van der Waals surface area contributed by atoms with Crippen LogP contribution in [0, 0.1) is 6.92 Å². The number of primary amides is 1. The number of carbonyl (C=O) groups is 1. The Morgan fingerprint density at radius 3 is 2.79 bits per heavy atom. The highest BCUT2D eigenvalue weighted by Gasteiger charge is 2.05. The number of nitrogens with zero attached hydrogens (tertiary/aromatic N) is 1. The molecule has 19 heavy (non-hydrogen) atoms. The molecule has 2 aromatic rings. The molecular weight excluding hydrogens is 276 g/mol. The summed E-state index contributed by atoms with van der Waals surface area (Å²) < 4.78 is 0. The van der Waals surface area contributed by atoms with Crippen LogP contribution < -0.4 is 5.73 Å². The molecule has 1 aromatic heterocycles. The average molecular weight is 292 g/mol. The zero-order valence-corrected chi connectivity index (χ0v) is 12.4. The molecule has 0 unspecified atom stereocenters. The van der Waals surface area contributed by atoms with Crippen molar-refractivity contribution in [1.29, 1.82) is 0 Å². The summed E-state index contributed by atoms with van der Waals surface area (Å²) in [7, 11) is 0. The van der Waals surface area contributed by atoms with Crippen molar-refractivity contribution in [3.05, 3.63) is 40.9 Å². The SMILES string of the molecule is Cc1ccc(-c2nc(CSCCC(N)=O)cs2)cc1. The smallest absolute Gasteiger partial charge is 0.218 e. The maximum absolute atomic E-state index is 10.6. The lowest BCUT2D eigenvalue weighted by Gasteiger charge is -1.98. The van der Waals surface area contributed by atoms with Crippen LogP contribution in [0.2, 0.25) is 0 Å². The topological polar surface area (TPSA) is 56.0 Å². The summed E-state index contributed by atoms with van der Waals surface area (Å²) in [5, 5.41) is 3.12. The van der Waals surface area contributed by atoms with Crippen molar-refractivity contribution < 1.29 is 4.79 Å². The fourth-order valence-electron chi connectivity index (χ4n) is 1.55. The highest BCUT2D eigenvalue weighted by atomic mass is 32.2. The van der Waals surface area contributed by atoms with Gasteiger partial charge < -0.3 is 5.73 Å². The zero-order valence-electron chi connectivity index (χ0n) is 10.8. The molecule has 0 aliphatic carbocycles. The van der Waals surface area contributed by atoms with Gasteiger partial charge in [-0.05, 0) is 6.92 Å². The van der Waals surface area contributed by atoms with Crippen molar-refractivity contribution in [3.63, 3.8) is 0 Å². The maximum atomic E-state index is 10.6. The molecule has 0 aliphatic rings. The van der Waals surface area contributed by atoms with Gasteiger partial charge in [0.05, 0.1) is 5.69 Å². The predicted octanol–water partition coefficient (Wildman–Crippen LogP) is 3.23. The molecule has 0 atom stereocenters. The van der Waals surface area contributed by atoms with E-state index in [0.717, 1.165) is 27.8 Å². The summed E-state index contributed by atoms with van der Waals surface area (Å²) in [6.45, 7) is 2.08. The minimum absolute atomic E-state index is 0.244. The summed E-state index contributed by atoms with van der Waals surface area (Å²) in [5.74, 6) is 1.34. The average Bonchev–Trinajstić information content (AvgIpc) is 2.84. The number of nitrogens with two attached hydrogens (primary N) is 1. The number of benzene rings is 1. The van der Waals surface area contributed by atoms with Crippen LogP contribution in [0.25, 0.3) is 10.6 Å². The number of hydrogen-bond donors (Lipinski definition) is 1. The Hall–Kier alpha value is -1.33. The van der Waals surface area contributed by atoms with Gasteiger partial charge in [-0.15, -0.1) is 11.3 Å². The molecule has 5 heteroatoms. The number of carbonyl (C=O) groups excluding carboxylic acids is 1. The van der Waals surface area contributed by atoms with E-state index in [1.165, 1.54) is 5.56 Å². The minimum Gasteiger partial charge on any atom is -0.370 e. The van der Waals surface area contributed by atoms with Crippen molar-refractivity contribution >= 4 is 29.0 Å². The quantitative estimate of drug-likeness (QED) is 0.832. The van der Waals surface area contributed by atoms with E-state index in [1.807, 2.05) is 0 Å². The number of aromatic nitrogens is 1. The minimum atomic E-state index is -0.244. The van der Waals surface area contributed by atoms with Gasteiger partial charge in [0.25, 0.3) is 0 Å². The van der Waals surface area contributed by atoms with Gasteiger partial charge >= 0.3 is 0 Å². The van der Waals surface area contributed by atoms with E-state index in [2.05, 4.69) is 41.6 Å². The fraction of sp³-hybridized carbons (Fsp3) is 0.286. The Bertz CT molecular complexity index is 549. The first-order valence-corrected chi connectivity index (χ1v) is 8.06. The monoisotopic (exact) mass is 292 g/mol. The van der Waals surface area contributed by atoms with Gasteiger partial charge in [-0.3, -0.25) is 4.79 Å². The number of rotatable bonds is 6. The number of aryl methyl sites for hydroxylation is 1. The van der Waals surface area contributed by atoms with E-state index in [4.69, 9.17) is 5.73 Å². The summed E-state index contributed by atoms with van der Waals surface area (Å²) in [6.07, 6.45) is 0.430. The van der Waals surface area contributed by atoms with E-state index >= 15 is 0 Å². The third-order valence-corrected chi connectivity index (χ3v) is 4.53. The molecule has 0 radical (unpaired) electrons. The van der Waals surface area contributed by atoms with Crippen LogP contribution in [0.3, 0.4) is 0 Å². The first-order valence-electron chi connectivity index (χ1n) is 6.02. The normalized spacial score (nSPS) is 10.6. The van der Waals surface area contributed by atoms with Crippen LogP contribution >= 0.6 is 23.1 Å². The molecule has 1 heterocycles. The van der Waals surface area contributed by atoms with Crippen LogP contribution in [0.4, 0.5) is 0 Å². The number of hydrogen-bond acceptors (Lipinski definition) is 4. The fourth-order valence-corrected chi connectivity index (χ4v) is 3.33. The van der Waals surface area contributed by atoms with E-state index in [0.29, 0.717) is 6.42 Å². The number of thiazole rings is 1. The lowest BCUT2D eigenvalue weighted by Crippen LogP contribution is -2.10. The molecule has 0 spiro atoms. The molecular formula is C14H16N2OS2. The molecule has 0 aliphatic heterocycles. The van der Waals surface area contributed by atoms with Crippen LogP contribution in [0.15, 0.2) is 29.6 Å². The maximum Gasteiger partial charge on any atom is 0.218 e. The molecule has 2 rings (SSSR count). The highest BCUT2D eigenvalue weighted by molar-refractivity contribution is 7.98. The Kier molecular flexibility index (Phi) is 4.99. The Morgan fingerprint density at radius 2 is 2.11 bits per heavy atom. The molecule has 1 aromatic carbocycles. The van der Waals surface area contributed by atoms with E-state index < -0.39 is 0 Å². The Labute approximate surface area is 121 Å². The summed E-state index contributed by atoms with van der Waals surface area (Å²) >= 11 is 3.35. The van der Waals surface area contributed by atoms with Crippen molar-refractivity contribution in [2.24, 2.45) is 5.73 Å². The number of thioether (sulfide) groups is 1. The molecule has 0 bridgehead atoms. The van der Waals surface area contributed by atoms with Crippen LogP contribution in [0.5, 0.6) is 0 Å². The molecule has 0 fully saturated rings. The zero-order chi connectivity index (χ0) is 13.7. The standard InChI is InChI=1S/C14H16N2OS2/c1-10-2-4-11(5-3-10)14-16-12(9-19-14)8-18-7-6-13(15)17/h2-5,9H,6-8H2,1H3,(H2,15,17). The van der Waals surface area contributed by atoms with Crippen LogP contribution in [-0.4, -0.2) is 16.6 Å². The molecule has 0 saturated carbocycles. The Balaban J connectivity index is 1.91. The van der Waals surface area contributed by atoms with Crippen molar-refractivity contribution in [3.8, 4) is 10.6 Å². The van der Waals surface area contributed by atoms with Gasteiger partial charge in [0.2, 0.25) is 5.91 Å². The number of amides is 1. The lowest BCUT2D eigenvalue weighted by molar-refractivity contribution is -0.117. The largest absolute Gasteiger partial charge is 0.370 e. The summed E-state index contributed by atoms with van der Waals surface area (Å²) in [5.41, 5.74) is 8.57. The lowest BCUT2D eigenvalue weighted by atomic mass is 10.2. The van der Waals surface area contributed by atoms with Crippen LogP contribution in [-0.2, 0) is 10.5 Å². The first-order chi connectivity index (χ1) is 9.15. The third-order valence-electron chi connectivity index (χ3n) is 2.59. The van der Waals surface area contributed by atoms with Crippen molar-refractivity contribution in [2.75, 3.05) is 5.75 Å². The van der Waals surface area contributed by atoms with Gasteiger partial charge in [0.1, 0.15) is 5.01 Å². The summed E-state index contributed by atoms with van der Waals surface area (Å²) in [6, 6.07) is 8.38. The van der Waals surface area contributed by atoms with Gasteiger partial charge in [-0.1, -0.05) is 29.8 Å². The van der Waals surface area contributed by atoms with E-state index in [9.17, 15) is 4.79 Å². The second-order valence-corrected chi connectivity index (χ2v) is 6.24. The molecule has 100 valence electrons. The van der Waals surface area contributed by atoms with Crippen molar-refractivity contribution in [2.45, 2.75) is 19.1 Å². The van der Waals surface area contributed by atoms with Gasteiger partial charge in [0, 0.05) is 28.9 Å². The second-order valence-electron chi connectivity index (χ2n) is 4.28. The molecule has 1 amide bonds. The summed E-state index contributed by atoms with van der Waals surface area (Å²) in [4.78, 5) is 15.2. The second kappa shape index (κ2) is 6.73. The van der Waals surface area contributed by atoms with E-state index in [-0.39, 0.29) is 5.91 Å². The third kappa shape index (κ3) is 4.36. The first kappa shape index (κ1) is 14.1. The predicted molar refractivity (Wildman–Crippen MR) is 82.3 cm³/mol. The van der Waals surface area contributed by atoms with E-state index in [1.54, 1.807) is 23.1 Å². The van der Waals surface area contributed by atoms with Gasteiger partial charge in [0.15, 0.2) is 0 Å². The van der Waals surface area contributed by atoms with Crippen molar-refractivity contribution in [1.82, 2.24) is 4.98 Å². The molecule has 3 nitrogen and oxygen atoms in total.